The van der Waals surface area contributed by atoms with Crippen LogP contribution < -0.4 is 5.32 Å². The van der Waals surface area contributed by atoms with E-state index >= 15 is 0 Å². The molecule has 1 aromatic heterocycles. The van der Waals surface area contributed by atoms with Crippen LogP contribution in [-0.2, 0) is 17.7 Å². The summed E-state index contributed by atoms with van der Waals surface area (Å²) in [7, 11) is 1.83. The van der Waals surface area contributed by atoms with Crippen LogP contribution in [0.5, 0.6) is 0 Å². The summed E-state index contributed by atoms with van der Waals surface area (Å²) in [6, 6.07) is -0.0336. The van der Waals surface area contributed by atoms with Crippen LogP contribution in [0.4, 0.5) is 4.79 Å². The molecule has 6 heteroatoms. The van der Waals surface area contributed by atoms with Crippen LogP contribution >= 0.6 is 0 Å². The molecule has 22 heavy (non-hydrogen) atoms. The summed E-state index contributed by atoms with van der Waals surface area (Å²) in [4.78, 5) is 13.8. The Labute approximate surface area is 132 Å². The first-order valence-corrected chi connectivity index (χ1v) is 8.16. The van der Waals surface area contributed by atoms with Gasteiger partial charge in [0.05, 0.1) is 11.8 Å². The molecule has 0 saturated carbocycles. The van der Waals surface area contributed by atoms with Crippen molar-refractivity contribution in [1.82, 2.24) is 20.0 Å². The van der Waals surface area contributed by atoms with Gasteiger partial charge in [-0.25, -0.2) is 4.79 Å². The molecule has 1 aromatic rings. The first-order chi connectivity index (χ1) is 10.5. The van der Waals surface area contributed by atoms with Crippen molar-refractivity contribution in [1.29, 1.82) is 0 Å². The highest BCUT2D eigenvalue weighted by atomic mass is 16.5. The zero-order valence-corrected chi connectivity index (χ0v) is 14.2. The molecule has 2 heterocycles. The van der Waals surface area contributed by atoms with Gasteiger partial charge in [0.1, 0.15) is 0 Å². The Bertz CT molecular complexity index is 506. The minimum atomic E-state index is -0.0336. The molecule has 0 unspecified atom stereocenters. The zero-order chi connectivity index (χ0) is 16.1. The lowest BCUT2D eigenvalue weighted by Crippen LogP contribution is -2.41. The van der Waals surface area contributed by atoms with E-state index in [1.807, 2.05) is 18.7 Å². The summed E-state index contributed by atoms with van der Waals surface area (Å²) < 4.78 is 7.53. The number of hydrogen-bond donors (Lipinski definition) is 1. The van der Waals surface area contributed by atoms with Crippen molar-refractivity contribution < 1.29 is 9.53 Å². The number of carbonyl (C=O) groups is 1. The van der Waals surface area contributed by atoms with Gasteiger partial charge in [-0.05, 0) is 45.6 Å². The van der Waals surface area contributed by atoms with Crippen LogP contribution in [0.15, 0.2) is 0 Å². The molecule has 1 aliphatic heterocycles. The second kappa shape index (κ2) is 7.63. The summed E-state index contributed by atoms with van der Waals surface area (Å²) in [6.07, 6.45) is 3.15. The van der Waals surface area contributed by atoms with Crippen molar-refractivity contribution in [3.05, 3.63) is 17.0 Å². The highest BCUT2D eigenvalue weighted by molar-refractivity contribution is 5.73. The minimum absolute atomic E-state index is 0.0336. The fourth-order valence-corrected chi connectivity index (χ4v) is 2.93. The fourth-order valence-electron chi connectivity index (χ4n) is 2.93. The number of aromatic nitrogens is 2. The molecule has 0 radical (unpaired) electrons. The molecular formula is C16H28N4O2. The molecule has 0 aromatic carbocycles. The third-order valence-corrected chi connectivity index (χ3v) is 4.38. The number of hydrogen-bond acceptors (Lipinski definition) is 3. The van der Waals surface area contributed by atoms with Crippen LogP contribution in [-0.4, -0.2) is 53.6 Å². The molecule has 124 valence electrons. The zero-order valence-electron chi connectivity index (χ0n) is 14.2. The summed E-state index contributed by atoms with van der Waals surface area (Å²) in [5, 5.41) is 7.47. The number of ether oxygens (including phenoxy) is 1. The average molecular weight is 308 g/mol. The van der Waals surface area contributed by atoms with Gasteiger partial charge in [0.2, 0.25) is 0 Å². The predicted molar refractivity (Wildman–Crippen MR) is 86.1 cm³/mol. The highest BCUT2D eigenvalue weighted by Crippen LogP contribution is 2.14. The molecule has 2 rings (SSSR count). The van der Waals surface area contributed by atoms with E-state index in [0.717, 1.165) is 38.1 Å². The van der Waals surface area contributed by atoms with E-state index in [0.29, 0.717) is 13.1 Å². The molecule has 1 N–H and O–H groups in total. The molecule has 1 aliphatic rings. The standard InChI is InChI=1S/C16H28N4O2/c1-5-20-13(3)15(12(2)18-20)8-9-19(4)16(21)17-11-14-7-6-10-22-14/h14H,5-11H2,1-4H3,(H,17,21)/t14-/m1/s1. The molecular weight excluding hydrogens is 280 g/mol. The van der Waals surface area contributed by atoms with E-state index < -0.39 is 0 Å². The molecule has 0 aliphatic carbocycles. The molecule has 0 bridgehead atoms. The number of nitrogens with one attached hydrogen (secondary N) is 1. The van der Waals surface area contributed by atoms with E-state index in [1.54, 1.807) is 4.90 Å². The van der Waals surface area contributed by atoms with Gasteiger partial charge >= 0.3 is 6.03 Å². The quantitative estimate of drug-likeness (QED) is 0.873. The monoisotopic (exact) mass is 308 g/mol. The summed E-state index contributed by atoms with van der Waals surface area (Å²) in [5.74, 6) is 0. The van der Waals surface area contributed by atoms with Crippen molar-refractivity contribution >= 4 is 6.03 Å². The Morgan fingerprint density at radius 3 is 2.86 bits per heavy atom. The Morgan fingerprint density at radius 1 is 1.50 bits per heavy atom. The third kappa shape index (κ3) is 4.00. The van der Waals surface area contributed by atoms with Crippen LogP contribution in [0, 0.1) is 13.8 Å². The first kappa shape index (κ1) is 16.8. The van der Waals surface area contributed by atoms with E-state index in [-0.39, 0.29) is 12.1 Å². The molecule has 1 saturated heterocycles. The van der Waals surface area contributed by atoms with Crippen molar-refractivity contribution in [2.45, 2.75) is 52.7 Å². The fraction of sp³-hybridized carbons (Fsp3) is 0.750. The normalized spacial score (nSPS) is 17.7. The number of rotatable bonds is 6. The van der Waals surface area contributed by atoms with Crippen LogP contribution in [0.2, 0.25) is 0 Å². The molecule has 1 atom stereocenters. The maximum absolute atomic E-state index is 12.1. The van der Waals surface area contributed by atoms with E-state index in [4.69, 9.17) is 4.74 Å². The number of carbonyl (C=O) groups excluding carboxylic acids is 1. The highest BCUT2D eigenvalue weighted by Gasteiger charge is 2.18. The smallest absolute Gasteiger partial charge is 0.317 e. The molecule has 2 amide bonds. The van der Waals surface area contributed by atoms with E-state index in [2.05, 4.69) is 24.3 Å². The van der Waals surface area contributed by atoms with E-state index in [9.17, 15) is 4.79 Å². The summed E-state index contributed by atoms with van der Waals surface area (Å²) in [5.41, 5.74) is 3.52. The van der Waals surface area contributed by atoms with Crippen LogP contribution in [0.25, 0.3) is 0 Å². The van der Waals surface area contributed by atoms with Gasteiger partial charge in [-0.2, -0.15) is 5.10 Å². The third-order valence-electron chi connectivity index (χ3n) is 4.38. The largest absolute Gasteiger partial charge is 0.376 e. The first-order valence-electron chi connectivity index (χ1n) is 8.16. The number of urea groups is 1. The Morgan fingerprint density at radius 2 is 2.27 bits per heavy atom. The van der Waals surface area contributed by atoms with Crippen LogP contribution in [0.1, 0.15) is 36.7 Å². The van der Waals surface area contributed by atoms with Gasteiger partial charge in [-0.15, -0.1) is 0 Å². The van der Waals surface area contributed by atoms with Crippen molar-refractivity contribution in [2.75, 3.05) is 26.7 Å². The molecule has 0 spiro atoms. The van der Waals surface area contributed by atoms with Gasteiger partial charge in [0.25, 0.3) is 0 Å². The average Bonchev–Trinajstić information content (AvgIpc) is 3.11. The van der Waals surface area contributed by atoms with Gasteiger partial charge in [-0.1, -0.05) is 0 Å². The lowest BCUT2D eigenvalue weighted by atomic mass is 10.1. The molecule has 6 nitrogen and oxygen atoms in total. The number of aryl methyl sites for hydroxylation is 2. The lowest BCUT2D eigenvalue weighted by Gasteiger charge is -2.19. The maximum atomic E-state index is 12.1. The van der Waals surface area contributed by atoms with Gasteiger partial charge in [0, 0.05) is 39.0 Å². The Balaban J connectivity index is 1.80. The van der Waals surface area contributed by atoms with Crippen molar-refractivity contribution in [3.63, 3.8) is 0 Å². The lowest BCUT2D eigenvalue weighted by molar-refractivity contribution is 0.109. The second-order valence-electron chi connectivity index (χ2n) is 5.96. The Kier molecular flexibility index (Phi) is 5.83. The predicted octanol–water partition coefficient (Wildman–Crippen LogP) is 1.88. The molecule has 1 fully saturated rings. The SMILES string of the molecule is CCn1nc(C)c(CCN(C)C(=O)NC[C@H]2CCCO2)c1C. The summed E-state index contributed by atoms with van der Waals surface area (Å²) >= 11 is 0. The Hall–Kier alpha value is -1.56. The van der Waals surface area contributed by atoms with Gasteiger partial charge < -0.3 is 15.0 Å². The van der Waals surface area contributed by atoms with Crippen LogP contribution in [0.3, 0.4) is 0 Å². The number of likely N-dealkylation sites (N-methyl/N-ethyl adjacent to an activating group) is 1. The number of nitrogens with zero attached hydrogens (tertiary/aromatic N) is 3. The van der Waals surface area contributed by atoms with E-state index in [1.165, 1.54) is 11.3 Å². The van der Waals surface area contributed by atoms with Crippen molar-refractivity contribution in [2.24, 2.45) is 0 Å². The second-order valence-corrected chi connectivity index (χ2v) is 5.96. The van der Waals surface area contributed by atoms with Crippen molar-refractivity contribution in [3.8, 4) is 0 Å². The minimum Gasteiger partial charge on any atom is -0.376 e. The topological polar surface area (TPSA) is 59.4 Å². The number of amides is 2. The van der Waals surface area contributed by atoms with Gasteiger partial charge in [-0.3, -0.25) is 4.68 Å². The van der Waals surface area contributed by atoms with Gasteiger partial charge in [0.15, 0.2) is 0 Å². The summed E-state index contributed by atoms with van der Waals surface area (Å²) in [6.45, 7) is 9.21. The maximum Gasteiger partial charge on any atom is 0.317 e.